The molecule has 144 valence electrons. The molecule has 3 aromatic rings. The first-order chi connectivity index (χ1) is 13.6. The van der Waals surface area contributed by atoms with E-state index in [0.29, 0.717) is 5.56 Å². The van der Waals surface area contributed by atoms with E-state index in [0.717, 1.165) is 42.9 Å². The Morgan fingerprint density at radius 3 is 2.71 bits per heavy atom. The van der Waals surface area contributed by atoms with Gasteiger partial charge in [0.25, 0.3) is 5.91 Å². The molecule has 1 fully saturated rings. The summed E-state index contributed by atoms with van der Waals surface area (Å²) in [5.74, 6) is 0.0653. The van der Waals surface area contributed by atoms with Crippen LogP contribution in [0.1, 0.15) is 23.2 Å². The maximum absolute atomic E-state index is 13.1. The van der Waals surface area contributed by atoms with Gasteiger partial charge in [0.2, 0.25) is 0 Å². The third-order valence-corrected chi connectivity index (χ3v) is 5.52. The number of piperidine rings is 1. The molecule has 28 heavy (non-hydrogen) atoms. The topological polar surface area (TPSA) is 41.4 Å². The van der Waals surface area contributed by atoms with E-state index in [4.69, 9.17) is 0 Å². The molecule has 2 heterocycles. The summed E-state index contributed by atoms with van der Waals surface area (Å²) in [6.45, 7) is 2.04. The van der Waals surface area contributed by atoms with Crippen LogP contribution in [0.4, 0.5) is 0 Å². The second kappa shape index (κ2) is 7.98. The van der Waals surface area contributed by atoms with Crippen molar-refractivity contribution in [2.24, 2.45) is 0 Å². The summed E-state index contributed by atoms with van der Waals surface area (Å²) in [5, 5.41) is 4.49. The van der Waals surface area contributed by atoms with Crippen molar-refractivity contribution in [1.29, 1.82) is 0 Å². The Bertz CT molecular complexity index is 950. The average Bonchev–Trinajstić information content (AvgIpc) is 3.23. The molecule has 1 atom stereocenters. The van der Waals surface area contributed by atoms with Crippen LogP contribution >= 0.6 is 0 Å². The lowest BCUT2D eigenvalue weighted by Gasteiger charge is -2.35. The third-order valence-electron chi connectivity index (χ3n) is 5.52. The minimum atomic E-state index is 0.0653. The van der Waals surface area contributed by atoms with Gasteiger partial charge in [0.1, 0.15) is 0 Å². The molecule has 0 radical (unpaired) electrons. The van der Waals surface area contributed by atoms with Gasteiger partial charge in [-0.1, -0.05) is 36.4 Å². The van der Waals surface area contributed by atoms with Crippen LogP contribution in [0, 0.1) is 0 Å². The van der Waals surface area contributed by atoms with Crippen LogP contribution in [0.15, 0.2) is 66.9 Å². The van der Waals surface area contributed by atoms with Crippen molar-refractivity contribution in [3.8, 4) is 16.9 Å². The molecule has 1 aliphatic heterocycles. The molecule has 1 aliphatic rings. The van der Waals surface area contributed by atoms with Crippen molar-refractivity contribution in [2.75, 3.05) is 27.2 Å². The Kier molecular flexibility index (Phi) is 5.26. The van der Waals surface area contributed by atoms with E-state index in [9.17, 15) is 4.79 Å². The normalized spacial score (nSPS) is 17.4. The van der Waals surface area contributed by atoms with E-state index >= 15 is 0 Å². The number of rotatable bonds is 4. The van der Waals surface area contributed by atoms with Crippen LogP contribution in [0.3, 0.4) is 0 Å². The molecule has 5 nitrogen and oxygen atoms in total. The lowest BCUT2D eigenvalue weighted by atomic mass is 10.0. The van der Waals surface area contributed by atoms with Crippen LogP contribution in [-0.2, 0) is 0 Å². The fourth-order valence-corrected chi connectivity index (χ4v) is 3.93. The molecular formula is C23H26N4O. The van der Waals surface area contributed by atoms with Crippen molar-refractivity contribution in [3.05, 3.63) is 72.4 Å². The maximum atomic E-state index is 13.1. The third kappa shape index (κ3) is 3.71. The zero-order valence-corrected chi connectivity index (χ0v) is 16.5. The largest absolute Gasteiger partial charge is 0.337 e. The van der Waals surface area contributed by atoms with Crippen LogP contribution in [0.25, 0.3) is 16.9 Å². The zero-order chi connectivity index (χ0) is 19.5. The van der Waals surface area contributed by atoms with E-state index in [1.165, 1.54) is 0 Å². The van der Waals surface area contributed by atoms with Gasteiger partial charge in [-0.15, -0.1) is 0 Å². The van der Waals surface area contributed by atoms with Gasteiger partial charge in [-0.25, -0.2) is 4.68 Å². The average molecular weight is 374 g/mol. The summed E-state index contributed by atoms with van der Waals surface area (Å²) >= 11 is 0. The number of nitrogens with zero attached hydrogens (tertiary/aromatic N) is 4. The molecule has 0 unspecified atom stereocenters. The molecule has 1 amide bonds. The lowest BCUT2D eigenvalue weighted by Crippen LogP contribution is -2.47. The fraction of sp³-hybridized carbons (Fsp3) is 0.304. The summed E-state index contributed by atoms with van der Waals surface area (Å²) in [4.78, 5) is 17.3. The number of hydrogen-bond acceptors (Lipinski definition) is 3. The predicted molar refractivity (Wildman–Crippen MR) is 112 cm³/mol. The monoisotopic (exact) mass is 374 g/mol. The van der Waals surface area contributed by atoms with E-state index < -0.39 is 0 Å². The number of aromatic nitrogens is 2. The number of amides is 1. The number of benzene rings is 2. The Labute approximate surface area is 166 Å². The molecule has 2 aromatic carbocycles. The first-order valence-corrected chi connectivity index (χ1v) is 9.79. The molecule has 0 spiro atoms. The zero-order valence-electron chi connectivity index (χ0n) is 16.5. The Morgan fingerprint density at radius 2 is 1.93 bits per heavy atom. The summed E-state index contributed by atoms with van der Waals surface area (Å²) in [7, 11) is 4.04. The van der Waals surface area contributed by atoms with Gasteiger partial charge >= 0.3 is 0 Å². The SMILES string of the molecule is CN1CCC[C@@H](N(C)C(=O)c2cccc(-n3nccc3-c3ccccc3)c2)C1. The van der Waals surface area contributed by atoms with Gasteiger partial charge in [-0.2, -0.15) is 5.10 Å². The minimum Gasteiger partial charge on any atom is -0.337 e. The van der Waals surface area contributed by atoms with Crippen LogP contribution in [-0.4, -0.2) is 58.7 Å². The predicted octanol–water partition coefficient (Wildman–Crippen LogP) is 3.71. The smallest absolute Gasteiger partial charge is 0.253 e. The Balaban J connectivity index is 1.61. The van der Waals surface area contributed by atoms with Crippen molar-refractivity contribution in [1.82, 2.24) is 19.6 Å². The van der Waals surface area contributed by atoms with E-state index in [1.54, 1.807) is 6.20 Å². The highest BCUT2D eigenvalue weighted by Crippen LogP contribution is 2.23. The summed E-state index contributed by atoms with van der Waals surface area (Å²) in [6, 6.07) is 20.2. The van der Waals surface area contributed by atoms with Crippen molar-refractivity contribution in [3.63, 3.8) is 0 Å². The van der Waals surface area contributed by atoms with E-state index in [2.05, 4.69) is 29.2 Å². The first-order valence-electron chi connectivity index (χ1n) is 9.79. The quantitative estimate of drug-likeness (QED) is 0.699. The molecule has 4 rings (SSSR count). The number of likely N-dealkylation sites (N-methyl/N-ethyl adjacent to an activating group) is 2. The van der Waals surface area contributed by atoms with Crippen molar-refractivity contribution in [2.45, 2.75) is 18.9 Å². The highest BCUT2D eigenvalue weighted by Gasteiger charge is 2.25. The first kappa shape index (κ1) is 18.4. The van der Waals surface area contributed by atoms with Crippen molar-refractivity contribution < 1.29 is 4.79 Å². The maximum Gasteiger partial charge on any atom is 0.253 e. The highest BCUT2D eigenvalue weighted by atomic mass is 16.2. The minimum absolute atomic E-state index is 0.0653. The van der Waals surface area contributed by atoms with Crippen LogP contribution < -0.4 is 0 Å². The Hall–Kier alpha value is -2.92. The fourth-order valence-electron chi connectivity index (χ4n) is 3.93. The molecule has 1 aromatic heterocycles. The van der Waals surface area contributed by atoms with Gasteiger partial charge in [-0.05, 0) is 50.7 Å². The van der Waals surface area contributed by atoms with Gasteiger partial charge in [0.15, 0.2) is 0 Å². The molecule has 0 aliphatic carbocycles. The molecule has 0 bridgehead atoms. The van der Waals surface area contributed by atoms with Crippen LogP contribution in [0.5, 0.6) is 0 Å². The summed E-state index contributed by atoms with van der Waals surface area (Å²) in [6.07, 6.45) is 3.98. The molecule has 5 heteroatoms. The molecular weight excluding hydrogens is 348 g/mol. The number of likely N-dealkylation sites (tertiary alicyclic amines) is 1. The van der Waals surface area contributed by atoms with Gasteiger partial charge in [0.05, 0.1) is 17.6 Å². The Morgan fingerprint density at radius 1 is 1.11 bits per heavy atom. The highest BCUT2D eigenvalue weighted by molar-refractivity contribution is 5.94. The van der Waals surface area contributed by atoms with E-state index in [1.807, 2.05) is 65.2 Å². The standard InChI is InChI=1S/C23H26N4O/c1-25-15-7-12-21(17-25)26(2)23(28)19-10-6-11-20(16-19)27-22(13-14-24-27)18-8-4-3-5-9-18/h3-6,8-11,13-14,16,21H,7,12,15,17H2,1-2H3/t21-/m1/s1. The summed E-state index contributed by atoms with van der Waals surface area (Å²) < 4.78 is 1.89. The second-order valence-electron chi connectivity index (χ2n) is 7.52. The second-order valence-corrected chi connectivity index (χ2v) is 7.52. The number of carbonyl (C=O) groups excluding carboxylic acids is 1. The van der Waals surface area contributed by atoms with Crippen molar-refractivity contribution >= 4 is 5.91 Å². The van der Waals surface area contributed by atoms with Gasteiger partial charge in [0, 0.05) is 30.8 Å². The number of hydrogen-bond donors (Lipinski definition) is 0. The number of carbonyl (C=O) groups is 1. The molecule has 0 saturated carbocycles. The molecule has 1 saturated heterocycles. The van der Waals surface area contributed by atoms with Crippen LogP contribution in [0.2, 0.25) is 0 Å². The van der Waals surface area contributed by atoms with Gasteiger partial charge in [-0.3, -0.25) is 4.79 Å². The lowest BCUT2D eigenvalue weighted by molar-refractivity contribution is 0.0644. The summed E-state index contributed by atoms with van der Waals surface area (Å²) in [5.41, 5.74) is 3.69. The van der Waals surface area contributed by atoms with E-state index in [-0.39, 0.29) is 11.9 Å². The molecule has 0 N–H and O–H groups in total. The van der Waals surface area contributed by atoms with Gasteiger partial charge < -0.3 is 9.80 Å².